The Kier molecular flexibility index (Phi) is 4.70. The first-order valence-electron chi connectivity index (χ1n) is 8.24. The van der Waals surface area contributed by atoms with Gasteiger partial charge in [0.05, 0.1) is 12.0 Å². The first kappa shape index (κ1) is 17.0. The minimum atomic E-state index is -0.426. The van der Waals surface area contributed by atoms with Crippen molar-refractivity contribution < 1.29 is 13.9 Å². The van der Waals surface area contributed by atoms with Gasteiger partial charge >= 0.3 is 5.97 Å². The van der Waals surface area contributed by atoms with Crippen molar-refractivity contribution in [3.05, 3.63) is 52.5 Å². The number of aryl methyl sites for hydroxylation is 3. The van der Waals surface area contributed by atoms with Gasteiger partial charge in [-0.05, 0) is 33.3 Å². The summed E-state index contributed by atoms with van der Waals surface area (Å²) in [5.41, 5.74) is 3.09. The minimum absolute atomic E-state index is 0.295. The van der Waals surface area contributed by atoms with Gasteiger partial charge in [-0.2, -0.15) is 4.98 Å². The van der Waals surface area contributed by atoms with E-state index in [1.54, 1.807) is 20.8 Å². The molecule has 2 heterocycles. The van der Waals surface area contributed by atoms with E-state index in [1.165, 1.54) is 5.56 Å². The zero-order valence-electron chi connectivity index (χ0n) is 14.8. The molecule has 0 aliphatic carbocycles. The monoisotopic (exact) mass is 339 g/mol. The predicted molar refractivity (Wildman–Crippen MR) is 95.7 cm³/mol. The van der Waals surface area contributed by atoms with Crippen LogP contribution in [0.1, 0.15) is 40.0 Å². The molecule has 130 valence electrons. The van der Waals surface area contributed by atoms with Gasteiger partial charge in [0.1, 0.15) is 23.0 Å². The van der Waals surface area contributed by atoms with Crippen LogP contribution in [-0.2, 0) is 11.3 Å². The summed E-state index contributed by atoms with van der Waals surface area (Å²) in [5.74, 6) is 1.20. The smallest absolute Gasteiger partial charge is 0.342 e. The molecule has 1 aromatic carbocycles. The van der Waals surface area contributed by atoms with Gasteiger partial charge in [0.25, 0.3) is 0 Å². The number of fused-ring (bicyclic) bond motifs is 1. The quantitative estimate of drug-likeness (QED) is 0.710. The standard InChI is InChI=1S/C19H21N3O3/c1-5-24-19(23)15-12(3)25-18-16(15)17(21-13(4)22-18)20-10-14-8-6-11(2)7-9-14/h6-9H,5,10H2,1-4H3,(H,20,21,22). The number of anilines is 1. The average Bonchev–Trinajstić information content (AvgIpc) is 2.90. The highest BCUT2D eigenvalue weighted by atomic mass is 16.5. The maximum Gasteiger partial charge on any atom is 0.342 e. The summed E-state index contributed by atoms with van der Waals surface area (Å²) in [6, 6.07) is 8.23. The van der Waals surface area contributed by atoms with Crippen LogP contribution in [0.3, 0.4) is 0 Å². The maximum absolute atomic E-state index is 12.3. The summed E-state index contributed by atoms with van der Waals surface area (Å²) >= 11 is 0. The van der Waals surface area contributed by atoms with Gasteiger partial charge in [0.2, 0.25) is 5.71 Å². The van der Waals surface area contributed by atoms with Crippen molar-refractivity contribution in [1.82, 2.24) is 9.97 Å². The summed E-state index contributed by atoms with van der Waals surface area (Å²) < 4.78 is 10.8. The number of benzene rings is 1. The predicted octanol–water partition coefficient (Wildman–Crippen LogP) is 3.94. The molecule has 0 spiro atoms. The van der Waals surface area contributed by atoms with E-state index < -0.39 is 5.97 Å². The topological polar surface area (TPSA) is 77.2 Å². The van der Waals surface area contributed by atoms with E-state index >= 15 is 0 Å². The lowest BCUT2D eigenvalue weighted by atomic mass is 10.1. The second kappa shape index (κ2) is 6.93. The zero-order valence-corrected chi connectivity index (χ0v) is 14.8. The molecule has 2 aromatic heterocycles. The third-order valence-electron chi connectivity index (χ3n) is 3.90. The lowest BCUT2D eigenvalue weighted by Gasteiger charge is -2.09. The minimum Gasteiger partial charge on any atom is -0.462 e. The summed E-state index contributed by atoms with van der Waals surface area (Å²) in [7, 11) is 0. The maximum atomic E-state index is 12.3. The second-order valence-electron chi connectivity index (χ2n) is 5.89. The van der Waals surface area contributed by atoms with Crippen LogP contribution in [0.4, 0.5) is 5.82 Å². The van der Waals surface area contributed by atoms with E-state index in [9.17, 15) is 4.79 Å². The number of carbonyl (C=O) groups is 1. The van der Waals surface area contributed by atoms with Gasteiger partial charge in [-0.1, -0.05) is 29.8 Å². The van der Waals surface area contributed by atoms with E-state index in [0.29, 0.717) is 47.2 Å². The molecule has 0 unspecified atom stereocenters. The van der Waals surface area contributed by atoms with Crippen LogP contribution in [0, 0.1) is 20.8 Å². The third kappa shape index (κ3) is 3.47. The molecule has 0 amide bonds. The highest BCUT2D eigenvalue weighted by Crippen LogP contribution is 2.30. The van der Waals surface area contributed by atoms with E-state index in [0.717, 1.165) is 5.56 Å². The normalized spacial score (nSPS) is 10.9. The molecule has 0 saturated carbocycles. The molecular weight excluding hydrogens is 318 g/mol. The molecular formula is C19H21N3O3. The van der Waals surface area contributed by atoms with E-state index in [4.69, 9.17) is 9.15 Å². The van der Waals surface area contributed by atoms with Crippen LogP contribution in [0.5, 0.6) is 0 Å². The van der Waals surface area contributed by atoms with E-state index in [1.807, 2.05) is 6.92 Å². The van der Waals surface area contributed by atoms with Crippen molar-refractivity contribution in [1.29, 1.82) is 0 Å². The SMILES string of the molecule is CCOC(=O)c1c(C)oc2nc(C)nc(NCc3ccc(C)cc3)c12. The van der Waals surface area contributed by atoms with Crippen LogP contribution >= 0.6 is 0 Å². The Labute approximate surface area is 146 Å². The molecule has 0 aliphatic heterocycles. The molecule has 25 heavy (non-hydrogen) atoms. The van der Waals surface area contributed by atoms with Crippen LogP contribution < -0.4 is 5.32 Å². The number of esters is 1. The summed E-state index contributed by atoms with van der Waals surface area (Å²) in [6.45, 7) is 8.22. The van der Waals surface area contributed by atoms with Crippen molar-refractivity contribution in [2.75, 3.05) is 11.9 Å². The number of hydrogen-bond acceptors (Lipinski definition) is 6. The number of hydrogen-bond donors (Lipinski definition) is 1. The summed E-state index contributed by atoms with van der Waals surface area (Å²) in [4.78, 5) is 21.1. The fourth-order valence-electron chi connectivity index (χ4n) is 2.69. The van der Waals surface area contributed by atoms with Crippen LogP contribution in [0.2, 0.25) is 0 Å². The Morgan fingerprint density at radius 3 is 2.56 bits per heavy atom. The largest absolute Gasteiger partial charge is 0.462 e. The highest BCUT2D eigenvalue weighted by molar-refractivity contribution is 6.07. The fourth-order valence-corrected chi connectivity index (χ4v) is 2.69. The molecule has 0 radical (unpaired) electrons. The fraction of sp³-hybridized carbons (Fsp3) is 0.316. The van der Waals surface area contributed by atoms with Gasteiger partial charge < -0.3 is 14.5 Å². The Morgan fingerprint density at radius 1 is 1.16 bits per heavy atom. The number of nitrogens with one attached hydrogen (secondary N) is 1. The first-order valence-corrected chi connectivity index (χ1v) is 8.24. The molecule has 6 nitrogen and oxygen atoms in total. The zero-order chi connectivity index (χ0) is 18.0. The lowest BCUT2D eigenvalue weighted by molar-refractivity contribution is 0.0526. The van der Waals surface area contributed by atoms with E-state index in [-0.39, 0.29) is 0 Å². The molecule has 6 heteroatoms. The number of ether oxygens (including phenoxy) is 1. The van der Waals surface area contributed by atoms with Crippen LogP contribution in [0.25, 0.3) is 11.1 Å². The second-order valence-corrected chi connectivity index (χ2v) is 5.89. The molecule has 0 bridgehead atoms. The van der Waals surface area contributed by atoms with Crippen LogP contribution in [0.15, 0.2) is 28.7 Å². The number of furan rings is 1. The highest BCUT2D eigenvalue weighted by Gasteiger charge is 2.24. The number of nitrogens with zero attached hydrogens (tertiary/aromatic N) is 2. The third-order valence-corrected chi connectivity index (χ3v) is 3.90. The first-order chi connectivity index (χ1) is 12.0. The summed E-state index contributed by atoms with van der Waals surface area (Å²) in [5, 5.41) is 3.86. The van der Waals surface area contributed by atoms with Crippen LogP contribution in [-0.4, -0.2) is 22.5 Å². The number of rotatable bonds is 5. The van der Waals surface area contributed by atoms with Crippen molar-refractivity contribution in [3.8, 4) is 0 Å². The summed E-state index contributed by atoms with van der Waals surface area (Å²) in [6.07, 6.45) is 0. The van der Waals surface area contributed by atoms with Gasteiger partial charge in [0.15, 0.2) is 0 Å². The number of aromatic nitrogens is 2. The molecule has 3 aromatic rings. The van der Waals surface area contributed by atoms with Crippen molar-refractivity contribution in [2.24, 2.45) is 0 Å². The molecule has 1 N–H and O–H groups in total. The average molecular weight is 339 g/mol. The van der Waals surface area contributed by atoms with Crippen molar-refractivity contribution >= 4 is 22.9 Å². The molecule has 0 aliphatic rings. The molecule has 0 atom stereocenters. The Bertz CT molecular complexity index is 914. The lowest BCUT2D eigenvalue weighted by Crippen LogP contribution is -2.08. The van der Waals surface area contributed by atoms with Gasteiger partial charge in [-0.15, -0.1) is 0 Å². The Hall–Kier alpha value is -2.89. The molecule has 0 fully saturated rings. The van der Waals surface area contributed by atoms with Gasteiger partial charge in [-0.3, -0.25) is 0 Å². The molecule has 3 rings (SSSR count). The van der Waals surface area contributed by atoms with Crippen molar-refractivity contribution in [2.45, 2.75) is 34.2 Å². The number of carbonyl (C=O) groups excluding carboxylic acids is 1. The van der Waals surface area contributed by atoms with E-state index in [2.05, 4.69) is 39.6 Å². The van der Waals surface area contributed by atoms with Gasteiger partial charge in [0, 0.05) is 6.54 Å². The Balaban J connectivity index is 2.00. The Morgan fingerprint density at radius 2 is 1.88 bits per heavy atom. The van der Waals surface area contributed by atoms with Gasteiger partial charge in [-0.25, -0.2) is 9.78 Å². The molecule has 0 saturated heterocycles. The van der Waals surface area contributed by atoms with Crippen molar-refractivity contribution in [3.63, 3.8) is 0 Å².